The Morgan fingerprint density at radius 3 is 2.47 bits per heavy atom. The van der Waals surface area contributed by atoms with E-state index in [2.05, 4.69) is 15.3 Å². The lowest BCUT2D eigenvalue weighted by molar-refractivity contribution is 0.0949. The zero-order valence-electron chi connectivity index (χ0n) is 19.0. The number of pyridine rings is 2. The number of β-amino-alcohol motifs (C(OH)–C–C–N with tert-alkyl or cyclic N) is 1. The lowest BCUT2D eigenvalue weighted by Gasteiger charge is -2.35. The number of hydrogen-bond acceptors (Lipinski definition) is 7. The number of rotatable bonds is 6. The number of nitrogens with zero attached hydrogens (tertiary/aromatic N) is 3. The van der Waals surface area contributed by atoms with E-state index in [1.165, 1.54) is 22.6 Å². The summed E-state index contributed by atoms with van der Waals surface area (Å²) in [5.74, 6) is 0.0283. The number of piperidine rings is 1. The minimum Gasteiger partial charge on any atom is -0.390 e. The molecule has 0 unspecified atom stereocenters. The number of hydrogen-bond donors (Lipinski definition) is 3. The molecule has 4 N–H and O–H groups in total. The molecule has 178 valence electrons. The molecule has 3 aromatic rings. The van der Waals surface area contributed by atoms with Crippen molar-refractivity contribution in [1.82, 2.24) is 14.3 Å². The lowest BCUT2D eigenvalue weighted by Crippen LogP contribution is -2.51. The van der Waals surface area contributed by atoms with Gasteiger partial charge in [0, 0.05) is 25.5 Å². The van der Waals surface area contributed by atoms with E-state index in [0.717, 1.165) is 16.7 Å². The fourth-order valence-corrected chi connectivity index (χ4v) is 5.56. The maximum atomic E-state index is 13.2. The van der Waals surface area contributed by atoms with Crippen LogP contribution in [0.15, 0.2) is 59.8 Å². The van der Waals surface area contributed by atoms with Gasteiger partial charge >= 0.3 is 0 Å². The number of nitrogens with two attached hydrogens (primary N) is 1. The van der Waals surface area contributed by atoms with Crippen LogP contribution in [0.2, 0.25) is 0 Å². The fraction of sp³-hybridized carbons (Fsp3) is 0.292. The maximum absolute atomic E-state index is 13.2. The molecule has 0 spiro atoms. The van der Waals surface area contributed by atoms with Gasteiger partial charge in [-0.25, -0.2) is 13.4 Å². The molecule has 2 atom stereocenters. The molecule has 3 heterocycles. The number of anilines is 1. The van der Waals surface area contributed by atoms with Crippen molar-refractivity contribution in [3.05, 3.63) is 71.7 Å². The third-order valence-electron chi connectivity index (χ3n) is 6.03. The molecule has 1 aromatic carbocycles. The van der Waals surface area contributed by atoms with Gasteiger partial charge in [0.1, 0.15) is 11.5 Å². The fourth-order valence-electron chi connectivity index (χ4n) is 4.08. The monoisotopic (exact) mass is 481 g/mol. The largest absolute Gasteiger partial charge is 0.390 e. The van der Waals surface area contributed by atoms with E-state index in [-0.39, 0.29) is 29.7 Å². The van der Waals surface area contributed by atoms with Crippen LogP contribution in [0, 0.1) is 13.8 Å². The van der Waals surface area contributed by atoms with Gasteiger partial charge in [-0.3, -0.25) is 9.78 Å². The van der Waals surface area contributed by atoms with Gasteiger partial charge in [-0.1, -0.05) is 18.2 Å². The molecule has 34 heavy (non-hydrogen) atoms. The number of nitrogens with one attached hydrogen (secondary N) is 1. The lowest BCUT2D eigenvalue weighted by atomic mass is 10.00. The summed E-state index contributed by atoms with van der Waals surface area (Å²) in [6.07, 6.45) is 2.80. The normalized spacial score (nSPS) is 19.0. The summed E-state index contributed by atoms with van der Waals surface area (Å²) in [6, 6.07) is 11.7. The second-order valence-electron chi connectivity index (χ2n) is 8.41. The van der Waals surface area contributed by atoms with E-state index < -0.39 is 22.0 Å². The molecule has 4 rings (SSSR count). The topological polar surface area (TPSA) is 139 Å². The summed E-state index contributed by atoms with van der Waals surface area (Å²) in [5.41, 5.74) is 8.72. The Morgan fingerprint density at radius 1 is 1.12 bits per heavy atom. The number of aliphatic hydroxyl groups is 1. The highest BCUT2D eigenvalue weighted by Gasteiger charge is 2.35. The minimum atomic E-state index is -3.78. The van der Waals surface area contributed by atoms with Crippen LogP contribution in [0.4, 0.5) is 5.82 Å². The maximum Gasteiger partial charge on any atom is 0.267 e. The third kappa shape index (κ3) is 4.79. The number of aliphatic hydroxyl groups excluding tert-OH is 1. The number of carbonyl (C=O) groups excluding carboxylic acids is 1. The second kappa shape index (κ2) is 9.49. The summed E-state index contributed by atoms with van der Waals surface area (Å²) in [5, 5.41) is 13.8. The highest BCUT2D eigenvalue weighted by Crippen LogP contribution is 2.28. The highest BCUT2D eigenvalue weighted by atomic mass is 32.2. The average Bonchev–Trinajstić information content (AvgIpc) is 2.82. The third-order valence-corrected chi connectivity index (χ3v) is 7.91. The summed E-state index contributed by atoms with van der Waals surface area (Å²) in [6.45, 7) is 3.95. The molecule has 10 heteroatoms. The van der Waals surface area contributed by atoms with Gasteiger partial charge < -0.3 is 16.2 Å². The summed E-state index contributed by atoms with van der Waals surface area (Å²) in [7, 11) is -3.78. The Bertz CT molecular complexity index is 1290. The van der Waals surface area contributed by atoms with Crippen molar-refractivity contribution < 1.29 is 18.3 Å². The van der Waals surface area contributed by atoms with Gasteiger partial charge in [0.15, 0.2) is 0 Å². The van der Waals surface area contributed by atoms with Crippen molar-refractivity contribution >= 4 is 21.7 Å². The molecule has 1 saturated heterocycles. The molecule has 1 fully saturated rings. The Labute approximate surface area is 198 Å². The number of sulfonamides is 1. The van der Waals surface area contributed by atoms with Crippen molar-refractivity contribution in [3.8, 4) is 11.1 Å². The summed E-state index contributed by atoms with van der Waals surface area (Å²) in [4.78, 5) is 20.0. The van der Waals surface area contributed by atoms with E-state index in [4.69, 9.17) is 5.73 Å². The van der Waals surface area contributed by atoms with E-state index in [1.54, 1.807) is 31.3 Å². The van der Waals surface area contributed by atoms with Crippen LogP contribution >= 0.6 is 0 Å². The summed E-state index contributed by atoms with van der Waals surface area (Å²) < 4.78 is 27.7. The first-order chi connectivity index (χ1) is 16.2. The minimum absolute atomic E-state index is 0.0148. The van der Waals surface area contributed by atoms with Crippen LogP contribution in [-0.2, 0) is 10.0 Å². The number of amides is 1. The van der Waals surface area contributed by atoms with Crippen LogP contribution in [0.25, 0.3) is 11.1 Å². The Balaban J connectivity index is 1.48. The van der Waals surface area contributed by atoms with Gasteiger partial charge in [-0.15, -0.1) is 0 Å². The van der Waals surface area contributed by atoms with Crippen molar-refractivity contribution in [2.45, 2.75) is 37.3 Å². The molecule has 0 aliphatic carbocycles. The van der Waals surface area contributed by atoms with Crippen molar-refractivity contribution in [2.75, 3.05) is 18.4 Å². The number of benzene rings is 1. The van der Waals surface area contributed by atoms with Crippen molar-refractivity contribution in [1.29, 1.82) is 0 Å². The Kier molecular flexibility index (Phi) is 6.65. The standard InChI is InChI=1S/C24H27N5O4S/c1-15-3-8-22(27-13-15)28-20-10-12-29(14-21(20)30)34(32,33)18-6-4-17(5-7-18)19-9-11-26-23(16(19)2)24(25)31/h3-9,11,13,20-21,30H,10,12,14H2,1-2H3,(H2,25,31)(H,27,28)/t20-,21+/m1/s1. The smallest absolute Gasteiger partial charge is 0.267 e. The second-order valence-corrected chi connectivity index (χ2v) is 10.3. The molecule has 9 nitrogen and oxygen atoms in total. The van der Waals surface area contributed by atoms with Crippen LogP contribution in [-0.4, -0.2) is 58.9 Å². The van der Waals surface area contributed by atoms with Crippen LogP contribution in [0.5, 0.6) is 0 Å². The van der Waals surface area contributed by atoms with Gasteiger partial charge in [0.2, 0.25) is 10.0 Å². The van der Waals surface area contributed by atoms with Crippen LogP contribution < -0.4 is 11.1 Å². The predicted molar refractivity (Wildman–Crippen MR) is 129 cm³/mol. The van der Waals surface area contributed by atoms with Crippen LogP contribution in [0.3, 0.4) is 0 Å². The Hall–Kier alpha value is -3.34. The Morgan fingerprint density at radius 2 is 1.85 bits per heavy atom. The van der Waals surface area contributed by atoms with E-state index in [9.17, 15) is 18.3 Å². The first-order valence-electron chi connectivity index (χ1n) is 10.9. The van der Waals surface area contributed by atoms with Crippen molar-refractivity contribution in [2.24, 2.45) is 5.73 Å². The first kappa shape index (κ1) is 23.8. The molecular formula is C24H27N5O4S. The number of aromatic nitrogens is 2. The summed E-state index contributed by atoms with van der Waals surface area (Å²) >= 11 is 0. The number of aryl methyl sites for hydroxylation is 1. The van der Waals surface area contributed by atoms with Gasteiger partial charge in [0.25, 0.3) is 5.91 Å². The molecule has 1 aliphatic rings. The van der Waals surface area contributed by atoms with Crippen molar-refractivity contribution in [3.63, 3.8) is 0 Å². The first-order valence-corrected chi connectivity index (χ1v) is 12.3. The SMILES string of the molecule is Cc1ccc(N[C@@H]2CCN(S(=O)(=O)c3ccc(-c4ccnc(C(N)=O)c4C)cc3)C[C@@H]2O)nc1. The molecule has 2 aromatic heterocycles. The van der Waals surface area contributed by atoms with E-state index >= 15 is 0 Å². The zero-order valence-corrected chi connectivity index (χ0v) is 19.8. The quantitative estimate of drug-likeness (QED) is 0.490. The molecule has 0 radical (unpaired) electrons. The number of primary amides is 1. The predicted octanol–water partition coefficient (Wildman–Crippen LogP) is 2.10. The molecular weight excluding hydrogens is 454 g/mol. The van der Waals surface area contributed by atoms with Gasteiger partial charge in [0.05, 0.1) is 17.0 Å². The molecule has 0 bridgehead atoms. The van der Waals surface area contributed by atoms with E-state index in [0.29, 0.717) is 17.8 Å². The van der Waals surface area contributed by atoms with Crippen LogP contribution in [0.1, 0.15) is 28.0 Å². The molecule has 1 aliphatic heterocycles. The molecule has 1 amide bonds. The van der Waals surface area contributed by atoms with Gasteiger partial charge in [-0.2, -0.15) is 4.31 Å². The number of carbonyl (C=O) groups is 1. The highest BCUT2D eigenvalue weighted by molar-refractivity contribution is 7.89. The molecule has 0 saturated carbocycles. The zero-order chi connectivity index (χ0) is 24.5. The average molecular weight is 482 g/mol. The van der Waals surface area contributed by atoms with Gasteiger partial charge in [-0.05, 0) is 66.8 Å². The van der Waals surface area contributed by atoms with E-state index in [1.807, 2.05) is 19.1 Å².